The van der Waals surface area contributed by atoms with Crippen molar-refractivity contribution in [2.75, 3.05) is 4.90 Å². The number of hydrogen-bond donors (Lipinski definition) is 0. The second-order valence-corrected chi connectivity index (χ2v) is 17.6. The summed E-state index contributed by atoms with van der Waals surface area (Å²) in [5.41, 5.74) is 13.7. The molecule has 1 spiro atoms. The lowest BCUT2D eigenvalue weighted by Gasteiger charge is -2.47. The quantitative estimate of drug-likeness (QED) is 0.175. The van der Waals surface area contributed by atoms with Gasteiger partial charge in [-0.1, -0.05) is 133 Å². The maximum absolute atomic E-state index is 6.59. The molecule has 0 amide bonds. The third-order valence-electron chi connectivity index (χ3n) is 15.1. The van der Waals surface area contributed by atoms with Gasteiger partial charge in [-0.25, -0.2) is 0 Å². The van der Waals surface area contributed by atoms with Crippen LogP contribution in [0, 0.1) is 29.6 Å². The molecule has 1 heterocycles. The number of nitrogens with zero attached hydrogens (tertiary/aromatic N) is 1. The molecule has 8 aromatic rings. The molecule has 274 valence electrons. The Morgan fingerprint density at radius 2 is 1.32 bits per heavy atom. The van der Waals surface area contributed by atoms with E-state index in [0.717, 1.165) is 51.3 Å². The van der Waals surface area contributed by atoms with Crippen molar-refractivity contribution in [1.82, 2.24) is 0 Å². The summed E-state index contributed by atoms with van der Waals surface area (Å²) >= 11 is 0. The maximum Gasteiger partial charge on any atom is 0.137 e. The predicted molar refractivity (Wildman–Crippen MR) is 235 cm³/mol. The van der Waals surface area contributed by atoms with Gasteiger partial charge in [0.25, 0.3) is 0 Å². The van der Waals surface area contributed by atoms with E-state index in [1.54, 1.807) is 11.1 Å². The van der Waals surface area contributed by atoms with E-state index in [1.165, 1.54) is 70.1 Å². The van der Waals surface area contributed by atoms with Crippen molar-refractivity contribution in [3.05, 3.63) is 187 Å². The zero-order valence-electron chi connectivity index (χ0n) is 31.9. The van der Waals surface area contributed by atoms with Crippen molar-refractivity contribution in [2.24, 2.45) is 29.6 Å². The number of furan rings is 1. The molecule has 6 aliphatic rings. The SMILES string of the molecule is C1=CC2c3ccc(N(c4ccc5c(c4)oc4ccccc45)c4ccccc4-c4cccc5cccc(-c6ccccc6)c45)cc3C3(C4CC5CC(C4)C3C5)C2C=C1. The maximum atomic E-state index is 6.59. The van der Waals surface area contributed by atoms with Crippen LogP contribution in [0.15, 0.2) is 180 Å². The van der Waals surface area contributed by atoms with E-state index in [-0.39, 0.29) is 5.41 Å². The van der Waals surface area contributed by atoms with Crippen LogP contribution < -0.4 is 4.90 Å². The van der Waals surface area contributed by atoms with Crippen LogP contribution in [0.1, 0.15) is 42.7 Å². The molecule has 4 saturated carbocycles. The third kappa shape index (κ3) is 4.42. The summed E-state index contributed by atoms with van der Waals surface area (Å²) in [4.78, 5) is 2.54. The molecule has 0 saturated heterocycles. The second-order valence-electron chi connectivity index (χ2n) is 17.6. The van der Waals surface area contributed by atoms with Gasteiger partial charge in [-0.05, 0) is 130 Å². The van der Waals surface area contributed by atoms with Crippen LogP contribution in [0.5, 0.6) is 0 Å². The van der Waals surface area contributed by atoms with Crippen LogP contribution in [-0.4, -0.2) is 0 Å². The van der Waals surface area contributed by atoms with Gasteiger partial charge in [0.05, 0.1) is 5.69 Å². The Bertz CT molecular complexity index is 2980. The molecule has 4 bridgehead atoms. The average molecular weight is 734 g/mol. The minimum atomic E-state index is 0.211. The van der Waals surface area contributed by atoms with Gasteiger partial charge in [-0.2, -0.15) is 0 Å². The summed E-state index contributed by atoms with van der Waals surface area (Å²) < 4.78 is 6.59. The lowest BCUT2D eigenvalue weighted by molar-refractivity contribution is 0.114. The van der Waals surface area contributed by atoms with E-state index in [9.17, 15) is 0 Å². The van der Waals surface area contributed by atoms with E-state index < -0.39 is 0 Å². The van der Waals surface area contributed by atoms with Crippen LogP contribution in [0.25, 0.3) is 55.0 Å². The Morgan fingerprint density at radius 1 is 0.561 bits per heavy atom. The fourth-order valence-electron chi connectivity index (χ4n) is 13.3. The lowest BCUT2D eigenvalue weighted by Crippen LogP contribution is -2.44. The van der Waals surface area contributed by atoms with Crippen LogP contribution in [0.2, 0.25) is 0 Å². The van der Waals surface area contributed by atoms with Gasteiger partial charge >= 0.3 is 0 Å². The monoisotopic (exact) mass is 733 g/mol. The summed E-state index contributed by atoms with van der Waals surface area (Å²) in [5.74, 6) is 4.35. The number of benzene rings is 7. The van der Waals surface area contributed by atoms with E-state index >= 15 is 0 Å². The number of anilines is 3. The van der Waals surface area contributed by atoms with Crippen molar-refractivity contribution in [3.8, 4) is 22.3 Å². The van der Waals surface area contributed by atoms with Crippen LogP contribution in [0.4, 0.5) is 17.1 Å². The standard InChI is InChI=1S/C55H43NO/c1-2-12-35(13-3-1)41-19-10-14-36-15-11-20-47(54(36)41)44-17-5-8-22-51(44)56(40-25-27-46-45-18-6-9-23-52(45)57-53(46)33-40)39-24-26-43-42-16-4-7-21-48(42)55(50(43)32-39)38-29-34-28-37(31-38)49(55)30-34/h1-27,32-34,37-38,42,48-49H,28-31H2. The van der Waals surface area contributed by atoms with Gasteiger partial charge in [0.15, 0.2) is 0 Å². The van der Waals surface area contributed by atoms with Gasteiger partial charge in [-0.3, -0.25) is 0 Å². The van der Waals surface area contributed by atoms with E-state index in [4.69, 9.17) is 4.42 Å². The molecule has 57 heavy (non-hydrogen) atoms. The Hall–Kier alpha value is -6.12. The van der Waals surface area contributed by atoms with E-state index in [1.807, 2.05) is 0 Å². The van der Waals surface area contributed by atoms with Crippen LogP contribution in [-0.2, 0) is 5.41 Å². The van der Waals surface area contributed by atoms with Crippen LogP contribution >= 0.6 is 0 Å². The van der Waals surface area contributed by atoms with Gasteiger partial charge in [0.2, 0.25) is 0 Å². The van der Waals surface area contributed by atoms with E-state index in [0.29, 0.717) is 11.8 Å². The van der Waals surface area contributed by atoms with Crippen molar-refractivity contribution in [2.45, 2.75) is 37.0 Å². The molecule has 4 fully saturated rings. The summed E-state index contributed by atoms with van der Waals surface area (Å²) in [5, 5.41) is 4.83. The fraction of sp³-hybridized carbons (Fsp3) is 0.200. The highest BCUT2D eigenvalue weighted by Gasteiger charge is 2.68. The minimum Gasteiger partial charge on any atom is -0.456 e. The van der Waals surface area contributed by atoms with Gasteiger partial charge in [0.1, 0.15) is 11.2 Å². The lowest BCUT2D eigenvalue weighted by atomic mass is 9.56. The van der Waals surface area contributed by atoms with Crippen molar-refractivity contribution < 1.29 is 4.42 Å². The van der Waals surface area contributed by atoms with Gasteiger partial charge < -0.3 is 9.32 Å². The smallest absolute Gasteiger partial charge is 0.137 e. The third-order valence-corrected chi connectivity index (χ3v) is 15.1. The molecular weight excluding hydrogens is 691 g/mol. The highest BCUT2D eigenvalue weighted by molar-refractivity contribution is 6.10. The summed E-state index contributed by atoms with van der Waals surface area (Å²) in [6.45, 7) is 0. The molecule has 1 aromatic heterocycles. The first-order valence-electron chi connectivity index (χ1n) is 21.1. The zero-order valence-corrected chi connectivity index (χ0v) is 31.9. The Morgan fingerprint density at radius 3 is 2.23 bits per heavy atom. The summed E-state index contributed by atoms with van der Waals surface area (Å²) in [6, 6.07) is 56.3. The van der Waals surface area contributed by atoms with E-state index in [2.05, 4.69) is 181 Å². The largest absolute Gasteiger partial charge is 0.456 e. The molecule has 7 aromatic carbocycles. The molecule has 14 rings (SSSR count). The summed E-state index contributed by atoms with van der Waals surface area (Å²) in [7, 11) is 0. The molecule has 7 atom stereocenters. The van der Waals surface area contributed by atoms with Crippen molar-refractivity contribution in [3.63, 3.8) is 0 Å². The Labute approximate surface area is 333 Å². The van der Waals surface area contributed by atoms with Gasteiger partial charge in [-0.15, -0.1) is 0 Å². The highest BCUT2D eigenvalue weighted by atomic mass is 16.3. The fourth-order valence-corrected chi connectivity index (χ4v) is 13.3. The molecule has 0 radical (unpaired) electrons. The molecule has 2 nitrogen and oxygen atoms in total. The number of para-hydroxylation sites is 2. The first kappa shape index (κ1) is 32.0. The van der Waals surface area contributed by atoms with Crippen molar-refractivity contribution >= 4 is 49.8 Å². The van der Waals surface area contributed by atoms with Gasteiger partial charge in [0, 0.05) is 45.1 Å². The Kier molecular flexibility index (Phi) is 6.71. The summed E-state index contributed by atoms with van der Waals surface area (Å²) in [6.07, 6.45) is 15.4. The second kappa shape index (κ2) is 11.9. The molecular formula is C55H43NO. The van der Waals surface area contributed by atoms with Crippen LogP contribution in [0.3, 0.4) is 0 Å². The number of rotatable bonds is 5. The normalized spacial score (nSPS) is 26.2. The molecule has 6 aliphatic carbocycles. The number of allylic oxidation sites excluding steroid dienone is 4. The molecule has 7 unspecified atom stereocenters. The molecule has 2 heteroatoms. The average Bonchev–Trinajstić information content (AvgIpc) is 3.94. The highest BCUT2D eigenvalue weighted by Crippen LogP contribution is 2.74. The molecule has 0 N–H and O–H groups in total. The molecule has 0 aliphatic heterocycles. The Balaban J connectivity index is 1.06. The number of hydrogen-bond acceptors (Lipinski definition) is 2. The minimum absolute atomic E-state index is 0.211. The first-order valence-corrected chi connectivity index (χ1v) is 21.1. The zero-order chi connectivity index (χ0) is 37.2. The topological polar surface area (TPSA) is 16.4 Å². The predicted octanol–water partition coefficient (Wildman–Crippen LogP) is 14.7. The first-order chi connectivity index (χ1) is 28.2. The van der Waals surface area contributed by atoms with Crippen molar-refractivity contribution in [1.29, 1.82) is 0 Å². The number of fused-ring (bicyclic) bond motifs is 7.